The molecule has 0 spiro atoms. The molecule has 0 aliphatic rings. The Bertz CT molecular complexity index is 674. The molecular weight excluding hydrogens is 292 g/mol. The van der Waals surface area contributed by atoms with Gasteiger partial charge in [0.25, 0.3) is 5.91 Å². The summed E-state index contributed by atoms with van der Waals surface area (Å²) in [5.74, 6) is -0.686. The average molecular weight is 305 g/mol. The first-order chi connectivity index (χ1) is 10.1. The summed E-state index contributed by atoms with van der Waals surface area (Å²) in [4.78, 5) is 23.5. The summed E-state index contributed by atoms with van der Waals surface area (Å²) in [5, 5.41) is 2.45. The third-order valence-corrected chi connectivity index (χ3v) is 2.68. The van der Waals surface area contributed by atoms with E-state index in [9.17, 15) is 4.79 Å². The molecule has 1 aromatic heterocycles. The van der Waals surface area contributed by atoms with Gasteiger partial charge >= 0.3 is 0 Å². The third-order valence-electron chi connectivity index (χ3n) is 2.50. The molecule has 108 valence electrons. The number of aliphatic imine (C=N–C) groups is 1. The lowest BCUT2D eigenvalue weighted by atomic mass is 10.2. The number of hydrogen-bond acceptors (Lipinski definition) is 5. The van der Waals surface area contributed by atoms with Crippen molar-refractivity contribution in [2.24, 2.45) is 10.7 Å². The summed E-state index contributed by atoms with van der Waals surface area (Å²) in [6, 6.07) is 9.49. The lowest BCUT2D eigenvalue weighted by molar-refractivity contribution is 0.0972. The molecule has 2 aromatic rings. The molecule has 1 amide bonds. The number of carbonyl (C=O) groups is 1. The van der Waals surface area contributed by atoms with Crippen molar-refractivity contribution >= 4 is 29.3 Å². The van der Waals surface area contributed by atoms with Crippen molar-refractivity contribution in [1.82, 2.24) is 15.3 Å². The van der Waals surface area contributed by atoms with Crippen molar-refractivity contribution in [3.05, 3.63) is 52.9 Å². The van der Waals surface area contributed by atoms with Gasteiger partial charge in [0, 0.05) is 0 Å². The number of aromatic nitrogens is 2. The number of nitrogens with two attached hydrogens (primary N) is 2. The molecule has 8 heteroatoms. The third kappa shape index (κ3) is 4.15. The number of amides is 1. The van der Waals surface area contributed by atoms with E-state index in [1.54, 1.807) is 0 Å². The first kappa shape index (κ1) is 14.7. The van der Waals surface area contributed by atoms with Crippen LogP contribution in [0.5, 0.6) is 0 Å². The van der Waals surface area contributed by atoms with Crippen LogP contribution >= 0.6 is 11.6 Å². The molecule has 0 bridgehead atoms. The molecule has 1 heterocycles. The Balaban J connectivity index is 2.03. The van der Waals surface area contributed by atoms with Gasteiger partial charge in [0.05, 0.1) is 12.7 Å². The summed E-state index contributed by atoms with van der Waals surface area (Å²) in [5.41, 5.74) is 12.1. The van der Waals surface area contributed by atoms with E-state index in [1.165, 1.54) is 6.20 Å². The molecule has 0 radical (unpaired) electrons. The Kier molecular flexibility index (Phi) is 4.68. The molecule has 1 aromatic carbocycles. The van der Waals surface area contributed by atoms with Gasteiger partial charge in [-0.15, -0.1) is 0 Å². The summed E-state index contributed by atoms with van der Waals surface area (Å²) in [6.45, 7) is 0.351. The molecule has 0 fully saturated rings. The number of rotatable bonds is 3. The number of benzene rings is 1. The van der Waals surface area contributed by atoms with Crippen LogP contribution in [0.2, 0.25) is 5.15 Å². The quantitative estimate of drug-likeness (QED) is 0.576. The second kappa shape index (κ2) is 6.67. The van der Waals surface area contributed by atoms with E-state index in [1.807, 2.05) is 30.3 Å². The number of nitrogens with zero attached hydrogens (tertiary/aromatic N) is 3. The first-order valence-electron chi connectivity index (χ1n) is 5.99. The van der Waals surface area contributed by atoms with Crippen LogP contribution in [0.25, 0.3) is 0 Å². The highest BCUT2D eigenvalue weighted by molar-refractivity contribution is 6.29. The number of nitrogens with one attached hydrogen (secondary N) is 1. The maximum Gasteiger partial charge on any atom is 0.280 e. The standard InChI is InChI=1S/C13H13ClN6O/c14-9-7-17-11(15)10(19-9)12(21)20-13(16)18-6-8-4-2-1-3-5-8/h1-5,7H,6H2,(H2,15,17)(H3,16,18,20,21). The molecular formula is C13H13ClN6O. The smallest absolute Gasteiger partial charge is 0.280 e. The fraction of sp³-hybridized carbons (Fsp3) is 0.0769. The van der Waals surface area contributed by atoms with Crippen LogP contribution in [0, 0.1) is 0 Å². The zero-order chi connectivity index (χ0) is 15.2. The number of hydrogen-bond donors (Lipinski definition) is 3. The molecule has 0 saturated heterocycles. The van der Waals surface area contributed by atoms with Crippen LogP contribution in [0.15, 0.2) is 41.5 Å². The predicted octanol–water partition coefficient (Wildman–Crippen LogP) is 0.957. The van der Waals surface area contributed by atoms with E-state index in [2.05, 4.69) is 20.3 Å². The maximum atomic E-state index is 11.9. The van der Waals surface area contributed by atoms with E-state index in [0.29, 0.717) is 6.54 Å². The molecule has 21 heavy (non-hydrogen) atoms. The molecule has 7 nitrogen and oxygen atoms in total. The Morgan fingerprint density at radius 3 is 2.76 bits per heavy atom. The minimum Gasteiger partial charge on any atom is -0.382 e. The van der Waals surface area contributed by atoms with Gasteiger partial charge in [-0.05, 0) is 5.56 Å². The van der Waals surface area contributed by atoms with Gasteiger partial charge in [0.1, 0.15) is 5.15 Å². The van der Waals surface area contributed by atoms with Crippen LogP contribution in [0.4, 0.5) is 5.82 Å². The van der Waals surface area contributed by atoms with Crippen LogP contribution in [0.1, 0.15) is 16.1 Å². The molecule has 0 unspecified atom stereocenters. The topological polar surface area (TPSA) is 119 Å². The SMILES string of the molecule is NC(=NCc1ccccc1)NC(=O)c1nc(Cl)cnc1N. The van der Waals surface area contributed by atoms with Gasteiger partial charge in [-0.25, -0.2) is 15.0 Å². The number of guanidine groups is 1. The van der Waals surface area contributed by atoms with Crippen LogP contribution in [-0.2, 0) is 6.54 Å². The Morgan fingerprint density at radius 1 is 1.33 bits per heavy atom. The average Bonchev–Trinajstić information content (AvgIpc) is 2.48. The predicted molar refractivity (Wildman–Crippen MR) is 80.7 cm³/mol. The molecule has 2 rings (SSSR count). The summed E-state index contributed by atoms with van der Waals surface area (Å²) >= 11 is 5.67. The minimum absolute atomic E-state index is 0.0345. The van der Waals surface area contributed by atoms with Crippen LogP contribution < -0.4 is 16.8 Å². The van der Waals surface area contributed by atoms with E-state index in [-0.39, 0.29) is 22.6 Å². The van der Waals surface area contributed by atoms with Crippen molar-refractivity contribution in [3.63, 3.8) is 0 Å². The van der Waals surface area contributed by atoms with Gasteiger partial charge in [-0.1, -0.05) is 41.9 Å². The Morgan fingerprint density at radius 2 is 2.05 bits per heavy atom. The zero-order valence-electron chi connectivity index (χ0n) is 11.0. The van der Waals surface area contributed by atoms with Crippen molar-refractivity contribution in [1.29, 1.82) is 0 Å². The van der Waals surface area contributed by atoms with Crippen LogP contribution in [0.3, 0.4) is 0 Å². The largest absolute Gasteiger partial charge is 0.382 e. The normalized spacial score (nSPS) is 11.2. The molecule has 0 aliphatic carbocycles. The first-order valence-corrected chi connectivity index (χ1v) is 6.37. The Hall–Kier alpha value is -2.67. The molecule has 0 aliphatic heterocycles. The van der Waals surface area contributed by atoms with Gasteiger partial charge in [0.2, 0.25) is 0 Å². The summed E-state index contributed by atoms with van der Waals surface area (Å²) in [7, 11) is 0. The second-order valence-electron chi connectivity index (χ2n) is 4.07. The van der Waals surface area contributed by atoms with Gasteiger partial charge in [-0.3, -0.25) is 10.1 Å². The maximum absolute atomic E-state index is 11.9. The van der Waals surface area contributed by atoms with Crippen molar-refractivity contribution in [3.8, 4) is 0 Å². The molecule has 5 N–H and O–H groups in total. The number of nitrogen functional groups attached to an aromatic ring is 1. The lowest BCUT2D eigenvalue weighted by Crippen LogP contribution is -2.37. The lowest BCUT2D eigenvalue weighted by Gasteiger charge is -2.06. The van der Waals surface area contributed by atoms with Crippen molar-refractivity contribution < 1.29 is 4.79 Å². The number of carbonyl (C=O) groups excluding carboxylic acids is 1. The summed E-state index contributed by atoms with van der Waals surface area (Å²) < 4.78 is 0. The van der Waals surface area contributed by atoms with Gasteiger partial charge in [-0.2, -0.15) is 0 Å². The van der Waals surface area contributed by atoms with E-state index < -0.39 is 5.91 Å². The Labute approximate surface area is 126 Å². The number of halogens is 1. The number of anilines is 1. The van der Waals surface area contributed by atoms with E-state index in [4.69, 9.17) is 23.1 Å². The van der Waals surface area contributed by atoms with Crippen LogP contribution in [-0.4, -0.2) is 21.8 Å². The zero-order valence-corrected chi connectivity index (χ0v) is 11.7. The highest BCUT2D eigenvalue weighted by Gasteiger charge is 2.14. The second-order valence-corrected chi connectivity index (χ2v) is 4.46. The highest BCUT2D eigenvalue weighted by atomic mass is 35.5. The minimum atomic E-state index is -0.614. The highest BCUT2D eigenvalue weighted by Crippen LogP contribution is 2.09. The summed E-state index contributed by atoms with van der Waals surface area (Å²) in [6.07, 6.45) is 1.25. The van der Waals surface area contributed by atoms with Crippen molar-refractivity contribution in [2.45, 2.75) is 6.54 Å². The van der Waals surface area contributed by atoms with Gasteiger partial charge in [0.15, 0.2) is 17.5 Å². The molecule has 0 atom stereocenters. The monoisotopic (exact) mass is 304 g/mol. The van der Waals surface area contributed by atoms with Crippen molar-refractivity contribution in [2.75, 3.05) is 5.73 Å². The van der Waals surface area contributed by atoms with E-state index in [0.717, 1.165) is 5.56 Å². The molecule has 0 saturated carbocycles. The van der Waals surface area contributed by atoms with E-state index >= 15 is 0 Å². The van der Waals surface area contributed by atoms with Gasteiger partial charge < -0.3 is 11.5 Å². The fourth-order valence-electron chi connectivity index (χ4n) is 1.52. The fourth-order valence-corrected chi connectivity index (χ4v) is 1.65.